The third kappa shape index (κ3) is 2.46. The van der Waals surface area contributed by atoms with Gasteiger partial charge >= 0.3 is 0 Å². The lowest BCUT2D eigenvalue weighted by molar-refractivity contribution is 0.275. The lowest BCUT2D eigenvalue weighted by atomic mass is 9.82. The molecule has 2 unspecified atom stereocenters. The van der Waals surface area contributed by atoms with Gasteiger partial charge in [0.2, 0.25) is 0 Å². The second kappa shape index (κ2) is 3.55. The fourth-order valence-electron chi connectivity index (χ4n) is 1.98. The van der Waals surface area contributed by atoms with Crippen molar-refractivity contribution in [1.82, 2.24) is 0 Å². The van der Waals surface area contributed by atoms with Gasteiger partial charge in [0.05, 0.1) is 0 Å². The van der Waals surface area contributed by atoms with E-state index in [0.717, 1.165) is 13.0 Å². The summed E-state index contributed by atoms with van der Waals surface area (Å²) in [6.07, 6.45) is 6.16. The Morgan fingerprint density at radius 1 is 1.45 bits per heavy atom. The first-order valence-electron chi connectivity index (χ1n) is 4.62. The SMILES string of the molecule is CC1(CN)CCCCC(N)C1. The van der Waals surface area contributed by atoms with E-state index in [1.165, 1.54) is 25.7 Å². The molecular formula is C9H20N2. The summed E-state index contributed by atoms with van der Waals surface area (Å²) in [5, 5.41) is 0. The Balaban J connectivity index is 2.51. The van der Waals surface area contributed by atoms with Crippen LogP contribution in [0.25, 0.3) is 0 Å². The molecule has 0 heterocycles. The Kier molecular flexibility index (Phi) is 2.90. The first-order chi connectivity index (χ1) is 5.16. The van der Waals surface area contributed by atoms with Crippen molar-refractivity contribution in [3.05, 3.63) is 0 Å². The minimum atomic E-state index is 0.329. The van der Waals surface area contributed by atoms with Crippen LogP contribution in [0.3, 0.4) is 0 Å². The van der Waals surface area contributed by atoms with Crippen molar-refractivity contribution >= 4 is 0 Å². The van der Waals surface area contributed by atoms with Crippen molar-refractivity contribution in [3.8, 4) is 0 Å². The molecule has 2 heteroatoms. The predicted octanol–water partition coefficient (Wildman–Crippen LogP) is 1.24. The van der Waals surface area contributed by atoms with Gasteiger partial charge in [0.15, 0.2) is 0 Å². The molecule has 1 aliphatic rings. The Morgan fingerprint density at radius 2 is 2.18 bits per heavy atom. The second-order valence-electron chi connectivity index (χ2n) is 4.22. The summed E-state index contributed by atoms with van der Waals surface area (Å²) in [6.45, 7) is 3.05. The van der Waals surface area contributed by atoms with Crippen molar-refractivity contribution in [3.63, 3.8) is 0 Å². The van der Waals surface area contributed by atoms with Gasteiger partial charge in [-0.05, 0) is 31.2 Å². The van der Waals surface area contributed by atoms with Crippen LogP contribution in [0.5, 0.6) is 0 Å². The van der Waals surface area contributed by atoms with Crippen molar-refractivity contribution in [1.29, 1.82) is 0 Å². The Labute approximate surface area is 69.3 Å². The summed E-state index contributed by atoms with van der Waals surface area (Å²) in [5.41, 5.74) is 12.0. The van der Waals surface area contributed by atoms with E-state index in [0.29, 0.717) is 11.5 Å². The predicted molar refractivity (Wildman–Crippen MR) is 48.2 cm³/mol. The zero-order valence-electron chi connectivity index (χ0n) is 7.47. The summed E-state index contributed by atoms with van der Waals surface area (Å²) in [6, 6.07) is 0.394. The van der Waals surface area contributed by atoms with E-state index >= 15 is 0 Å². The first kappa shape index (κ1) is 9.01. The van der Waals surface area contributed by atoms with Gasteiger partial charge < -0.3 is 11.5 Å². The molecule has 0 saturated heterocycles. The molecule has 0 aliphatic heterocycles. The minimum absolute atomic E-state index is 0.329. The molecule has 0 aromatic heterocycles. The summed E-state index contributed by atoms with van der Waals surface area (Å²) in [7, 11) is 0. The molecule has 66 valence electrons. The maximum absolute atomic E-state index is 5.93. The van der Waals surface area contributed by atoms with Gasteiger partial charge in [-0.2, -0.15) is 0 Å². The van der Waals surface area contributed by atoms with E-state index in [2.05, 4.69) is 6.92 Å². The van der Waals surface area contributed by atoms with Crippen LogP contribution in [0.4, 0.5) is 0 Å². The van der Waals surface area contributed by atoms with Gasteiger partial charge in [0, 0.05) is 6.04 Å². The number of hydrogen-bond donors (Lipinski definition) is 2. The average Bonchev–Trinajstić information content (AvgIpc) is 2.13. The quantitative estimate of drug-likeness (QED) is 0.561. The van der Waals surface area contributed by atoms with E-state index in [4.69, 9.17) is 11.5 Å². The lowest BCUT2D eigenvalue weighted by Crippen LogP contribution is -2.33. The maximum Gasteiger partial charge on any atom is 0.00444 e. The van der Waals surface area contributed by atoms with Crippen molar-refractivity contribution in [2.75, 3.05) is 6.54 Å². The Morgan fingerprint density at radius 3 is 2.82 bits per heavy atom. The normalized spacial score (nSPS) is 40.1. The molecular weight excluding hydrogens is 136 g/mol. The smallest absolute Gasteiger partial charge is 0.00444 e. The highest BCUT2D eigenvalue weighted by Crippen LogP contribution is 2.32. The highest BCUT2D eigenvalue weighted by Gasteiger charge is 2.27. The zero-order valence-corrected chi connectivity index (χ0v) is 7.47. The highest BCUT2D eigenvalue weighted by molar-refractivity contribution is 4.83. The van der Waals surface area contributed by atoms with Crippen LogP contribution in [-0.4, -0.2) is 12.6 Å². The number of nitrogens with two attached hydrogens (primary N) is 2. The van der Waals surface area contributed by atoms with Gasteiger partial charge in [0.25, 0.3) is 0 Å². The van der Waals surface area contributed by atoms with Crippen molar-refractivity contribution in [2.45, 2.75) is 45.1 Å². The van der Waals surface area contributed by atoms with Gasteiger partial charge in [-0.3, -0.25) is 0 Å². The highest BCUT2D eigenvalue weighted by atomic mass is 14.7. The summed E-state index contributed by atoms with van der Waals surface area (Å²) < 4.78 is 0. The Hall–Kier alpha value is -0.0800. The van der Waals surface area contributed by atoms with Crippen LogP contribution in [0.1, 0.15) is 39.0 Å². The number of hydrogen-bond acceptors (Lipinski definition) is 2. The van der Waals surface area contributed by atoms with Gasteiger partial charge in [-0.15, -0.1) is 0 Å². The third-order valence-corrected chi connectivity index (χ3v) is 2.85. The van der Waals surface area contributed by atoms with E-state index in [1.54, 1.807) is 0 Å². The van der Waals surface area contributed by atoms with E-state index in [1.807, 2.05) is 0 Å². The van der Waals surface area contributed by atoms with E-state index in [9.17, 15) is 0 Å². The van der Waals surface area contributed by atoms with Crippen molar-refractivity contribution < 1.29 is 0 Å². The standard InChI is InChI=1S/C9H20N2/c1-9(7-10)5-3-2-4-8(11)6-9/h8H,2-7,10-11H2,1H3. The van der Waals surface area contributed by atoms with E-state index < -0.39 is 0 Å². The molecule has 1 rings (SSSR count). The molecule has 2 nitrogen and oxygen atoms in total. The second-order valence-corrected chi connectivity index (χ2v) is 4.22. The van der Waals surface area contributed by atoms with Crippen molar-refractivity contribution in [2.24, 2.45) is 16.9 Å². The monoisotopic (exact) mass is 156 g/mol. The molecule has 0 amide bonds. The fourth-order valence-corrected chi connectivity index (χ4v) is 1.98. The van der Waals surface area contributed by atoms with Gasteiger partial charge in [-0.1, -0.05) is 19.8 Å². The molecule has 11 heavy (non-hydrogen) atoms. The van der Waals surface area contributed by atoms with Crippen LogP contribution >= 0.6 is 0 Å². The van der Waals surface area contributed by atoms with Crippen LogP contribution in [0.15, 0.2) is 0 Å². The molecule has 0 aromatic rings. The van der Waals surface area contributed by atoms with Crippen LogP contribution in [0, 0.1) is 5.41 Å². The Bertz CT molecular complexity index is 125. The maximum atomic E-state index is 5.93. The zero-order chi connectivity index (χ0) is 8.32. The molecule has 4 N–H and O–H groups in total. The largest absolute Gasteiger partial charge is 0.330 e. The topological polar surface area (TPSA) is 52.0 Å². The summed E-state index contributed by atoms with van der Waals surface area (Å²) in [5.74, 6) is 0. The van der Waals surface area contributed by atoms with Gasteiger partial charge in [0.1, 0.15) is 0 Å². The fraction of sp³-hybridized carbons (Fsp3) is 1.00. The minimum Gasteiger partial charge on any atom is -0.330 e. The molecule has 0 radical (unpaired) electrons. The molecule has 1 fully saturated rings. The van der Waals surface area contributed by atoms with Crippen LogP contribution in [0.2, 0.25) is 0 Å². The molecule has 1 aliphatic carbocycles. The molecule has 0 spiro atoms. The summed E-state index contributed by atoms with van der Waals surface area (Å²) in [4.78, 5) is 0. The molecule has 0 bridgehead atoms. The first-order valence-corrected chi connectivity index (χ1v) is 4.62. The summed E-state index contributed by atoms with van der Waals surface area (Å²) >= 11 is 0. The lowest BCUT2D eigenvalue weighted by Gasteiger charge is -2.27. The number of rotatable bonds is 1. The molecule has 0 aromatic carbocycles. The molecule has 1 saturated carbocycles. The van der Waals surface area contributed by atoms with Gasteiger partial charge in [-0.25, -0.2) is 0 Å². The van der Waals surface area contributed by atoms with Crippen LogP contribution < -0.4 is 11.5 Å². The third-order valence-electron chi connectivity index (χ3n) is 2.85. The van der Waals surface area contributed by atoms with Crippen LogP contribution in [-0.2, 0) is 0 Å². The van der Waals surface area contributed by atoms with E-state index in [-0.39, 0.29) is 0 Å². The average molecular weight is 156 g/mol. The molecule has 2 atom stereocenters.